The predicted octanol–water partition coefficient (Wildman–Crippen LogP) is 5.96. The summed E-state index contributed by atoms with van der Waals surface area (Å²) in [6, 6.07) is 11.7. The molecule has 16 heteroatoms. The highest BCUT2D eigenvalue weighted by Gasteiger charge is 2.36. The molecule has 7 rings (SSSR count). The molecule has 4 heterocycles. The fourth-order valence-electron chi connectivity index (χ4n) is 7.74. The van der Waals surface area contributed by atoms with Gasteiger partial charge < -0.3 is 15.4 Å². The summed E-state index contributed by atoms with van der Waals surface area (Å²) in [5.74, 6) is -1.52. The van der Waals surface area contributed by atoms with Crippen LogP contribution in [0.5, 0.6) is 0 Å². The maximum atomic E-state index is 13.6. The van der Waals surface area contributed by atoms with Crippen molar-refractivity contribution in [3.05, 3.63) is 91.8 Å². The van der Waals surface area contributed by atoms with Crippen molar-refractivity contribution in [3.63, 3.8) is 0 Å². The van der Waals surface area contributed by atoms with Gasteiger partial charge in [-0.3, -0.25) is 43.6 Å². The molecule has 1 fully saturated rings. The number of carbonyl (C=O) groups excluding carboxylic acids is 6. The molecule has 3 atom stereocenters. The first-order valence-corrected chi connectivity index (χ1v) is 20.6. The molecular formula is C42H44ClN7O7S. The molecule has 14 nitrogen and oxygen atoms in total. The second-order valence-electron chi connectivity index (χ2n) is 14.9. The van der Waals surface area contributed by atoms with Gasteiger partial charge in [-0.15, -0.1) is 21.5 Å². The van der Waals surface area contributed by atoms with Crippen LogP contribution in [0.1, 0.15) is 111 Å². The number of aromatic nitrogens is 3. The van der Waals surface area contributed by atoms with Gasteiger partial charge in [0, 0.05) is 64.4 Å². The van der Waals surface area contributed by atoms with Gasteiger partial charge in [0.15, 0.2) is 17.4 Å². The molecule has 3 N–H and O–H groups in total. The summed E-state index contributed by atoms with van der Waals surface area (Å²) < 4.78 is 7.69. The first-order chi connectivity index (χ1) is 27.9. The Morgan fingerprint density at radius 2 is 1.72 bits per heavy atom. The number of nitrogens with zero attached hydrogens (tertiary/aromatic N) is 4. The third kappa shape index (κ3) is 8.71. The number of thiophene rings is 1. The number of anilines is 1. The number of Topliss-reactive ketones (excluding diaryl/α,β-unsaturated/α-hetero) is 2. The standard InChI is InChI=1S/C42H44ClN7O7S/c1-22-23(2)58-42-36(22)38(25-8-12-28(43)13-9-25)46-31(40-49-48-24(3)50(40)42)21-35(54)44-17-5-18-57-19-16-34(53)45-30-7-4-6-29-37(30)32(51)14-10-26(39(29)55)20-27-11-15-33(52)47-41(27)56/h4,6-9,12-13,26-27,31H,5,10-11,14-21H2,1-3H3,(H,44,54)(H,45,53)(H,47,52,56)/t26?,27?,31-/m0/s1. The van der Waals surface area contributed by atoms with E-state index in [1.165, 1.54) is 0 Å². The van der Waals surface area contributed by atoms with Crippen LogP contribution < -0.4 is 16.0 Å². The number of hydrogen-bond donors (Lipinski definition) is 3. The lowest BCUT2D eigenvalue weighted by Gasteiger charge is -2.24. The Balaban J connectivity index is 0.898. The van der Waals surface area contributed by atoms with E-state index in [1.807, 2.05) is 35.8 Å². The second kappa shape index (κ2) is 17.6. The molecule has 58 heavy (non-hydrogen) atoms. The lowest BCUT2D eigenvalue weighted by atomic mass is 9.83. The average molecular weight is 826 g/mol. The topological polar surface area (TPSA) is 191 Å². The van der Waals surface area contributed by atoms with Gasteiger partial charge in [-0.1, -0.05) is 35.9 Å². The lowest BCUT2D eigenvalue weighted by molar-refractivity contribution is -0.136. The van der Waals surface area contributed by atoms with Gasteiger partial charge in [-0.25, -0.2) is 0 Å². The molecule has 2 unspecified atom stereocenters. The van der Waals surface area contributed by atoms with Gasteiger partial charge in [0.05, 0.1) is 36.4 Å². The predicted molar refractivity (Wildman–Crippen MR) is 218 cm³/mol. The zero-order valence-electron chi connectivity index (χ0n) is 32.5. The smallest absolute Gasteiger partial charge is 0.229 e. The van der Waals surface area contributed by atoms with Crippen LogP contribution in [-0.2, 0) is 23.9 Å². The van der Waals surface area contributed by atoms with Gasteiger partial charge in [-0.2, -0.15) is 0 Å². The number of aliphatic imine (C=N–C) groups is 1. The van der Waals surface area contributed by atoms with Crippen LogP contribution in [0.15, 0.2) is 47.5 Å². The SMILES string of the molecule is Cc1sc2c(c1C)C(c1ccc(Cl)cc1)=N[C@@H](CC(=O)NCCCOCCC(=O)Nc1cccc3c1C(=O)CCC(CC1CCC(=O)NC1=O)C3=O)c1nnc(C)n1-2. The number of aryl methyl sites for hydroxylation is 2. The van der Waals surface area contributed by atoms with Crippen molar-refractivity contribution in [2.45, 2.75) is 78.2 Å². The number of ketones is 2. The minimum Gasteiger partial charge on any atom is -0.381 e. The molecule has 0 spiro atoms. The Bertz CT molecular complexity index is 2330. The number of fused-ring (bicyclic) bond motifs is 4. The van der Waals surface area contributed by atoms with E-state index in [9.17, 15) is 28.8 Å². The number of piperidine rings is 1. The van der Waals surface area contributed by atoms with Crippen LogP contribution in [-0.4, -0.2) is 75.4 Å². The molecule has 2 aromatic heterocycles. The van der Waals surface area contributed by atoms with E-state index in [-0.39, 0.29) is 97.1 Å². The summed E-state index contributed by atoms with van der Waals surface area (Å²) in [6.07, 6.45) is 1.79. The molecule has 4 aromatic rings. The number of amides is 4. The molecule has 2 aliphatic heterocycles. The monoisotopic (exact) mass is 825 g/mol. The molecule has 2 aromatic carbocycles. The first-order valence-electron chi connectivity index (χ1n) is 19.4. The van der Waals surface area contributed by atoms with Gasteiger partial charge in [0.25, 0.3) is 0 Å². The number of imide groups is 1. The van der Waals surface area contributed by atoms with E-state index >= 15 is 0 Å². The largest absolute Gasteiger partial charge is 0.381 e. The minimum absolute atomic E-state index is 0.0104. The number of nitrogens with one attached hydrogen (secondary N) is 3. The van der Waals surface area contributed by atoms with Crippen LogP contribution in [0.2, 0.25) is 5.02 Å². The quantitative estimate of drug-likeness (QED) is 0.0830. The Morgan fingerprint density at radius 3 is 2.50 bits per heavy atom. The highest BCUT2D eigenvalue weighted by molar-refractivity contribution is 7.15. The summed E-state index contributed by atoms with van der Waals surface area (Å²) in [5.41, 5.74) is 4.42. The van der Waals surface area contributed by atoms with Crippen LogP contribution >= 0.6 is 22.9 Å². The third-order valence-corrected chi connectivity index (χ3v) is 12.3. The molecule has 4 amide bonds. The Kier molecular flexibility index (Phi) is 12.4. The molecule has 1 aliphatic carbocycles. The number of hydrogen-bond acceptors (Lipinski definition) is 11. The van der Waals surface area contributed by atoms with E-state index in [1.54, 1.807) is 29.5 Å². The van der Waals surface area contributed by atoms with Crippen LogP contribution in [0.3, 0.4) is 0 Å². The Morgan fingerprint density at radius 1 is 0.948 bits per heavy atom. The van der Waals surface area contributed by atoms with Gasteiger partial charge in [0.1, 0.15) is 16.9 Å². The fraction of sp³-hybridized carbons (Fsp3) is 0.405. The van der Waals surface area contributed by atoms with Crippen LogP contribution in [0, 0.1) is 32.6 Å². The van der Waals surface area contributed by atoms with E-state index in [2.05, 4.69) is 40.0 Å². The van der Waals surface area contributed by atoms with Crippen LogP contribution in [0.25, 0.3) is 5.00 Å². The Labute approximate surface area is 344 Å². The van der Waals surface area contributed by atoms with E-state index in [0.29, 0.717) is 42.7 Å². The zero-order chi connectivity index (χ0) is 41.1. The van der Waals surface area contributed by atoms with Crippen molar-refractivity contribution in [1.29, 1.82) is 0 Å². The molecule has 0 radical (unpaired) electrons. The molecule has 0 bridgehead atoms. The molecule has 3 aliphatic rings. The molecule has 1 saturated heterocycles. The summed E-state index contributed by atoms with van der Waals surface area (Å²) >= 11 is 7.86. The van der Waals surface area contributed by atoms with Crippen LogP contribution in [0.4, 0.5) is 5.69 Å². The normalized spacial score (nSPS) is 19.0. The molecular weight excluding hydrogens is 782 g/mol. The van der Waals surface area contributed by atoms with Gasteiger partial charge in [0.2, 0.25) is 23.6 Å². The van der Waals surface area contributed by atoms with E-state index < -0.39 is 17.9 Å². The van der Waals surface area contributed by atoms with Crippen molar-refractivity contribution < 1.29 is 33.5 Å². The minimum atomic E-state index is -0.590. The fourth-order valence-corrected chi connectivity index (χ4v) is 9.08. The summed E-state index contributed by atoms with van der Waals surface area (Å²) in [7, 11) is 0. The maximum Gasteiger partial charge on any atom is 0.229 e. The summed E-state index contributed by atoms with van der Waals surface area (Å²) in [5, 5.41) is 18.5. The Hall–Kier alpha value is -5.38. The van der Waals surface area contributed by atoms with Crippen molar-refractivity contribution >= 4 is 69.5 Å². The summed E-state index contributed by atoms with van der Waals surface area (Å²) in [4.78, 5) is 83.2. The second-order valence-corrected chi connectivity index (χ2v) is 16.5. The van der Waals surface area contributed by atoms with Crippen molar-refractivity contribution in [2.75, 3.05) is 25.1 Å². The van der Waals surface area contributed by atoms with Gasteiger partial charge in [-0.05, 0) is 70.2 Å². The number of rotatable bonds is 13. The molecule has 302 valence electrons. The molecule has 0 saturated carbocycles. The van der Waals surface area contributed by atoms with Crippen molar-refractivity contribution in [1.82, 2.24) is 25.4 Å². The number of halogens is 1. The van der Waals surface area contributed by atoms with Crippen molar-refractivity contribution in [3.8, 4) is 5.00 Å². The summed E-state index contributed by atoms with van der Waals surface area (Å²) in [6.45, 7) is 6.79. The highest BCUT2D eigenvalue weighted by atomic mass is 35.5. The van der Waals surface area contributed by atoms with Crippen molar-refractivity contribution in [2.24, 2.45) is 16.8 Å². The first kappa shape index (κ1) is 40.8. The highest BCUT2D eigenvalue weighted by Crippen LogP contribution is 2.40. The average Bonchev–Trinajstić information content (AvgIpc) is 3.63. The zero-order valence-corrected chi connectivity index (χ0v) is 34.1. The number of carbonyl (C=O) groups is 6. The third-order valence-electron chi connectivity index (χ3n) is 10.9. The van der Waals surface area contributed by atoms with E-state index in [4.69, 9.17) is 21.3 Å². The van der Waals surface area contributed by atoms with Gasteiger partial charge >= 0.3 is 0 Å². The van der Waals surface area contributed by atoms with E-state index in [0.717, 1.165) is 32.3 Å². The lowest BCUT2D eigenvalue weighted by Crippen LogP contribution is -2.41. The maximum absolute atomic E-state index is 13.6. The number of benzene rings is 2. The number of ether oxygens (including phenoxy) is 1.